The van der Waals surface area contributed by atoms with Crippen LogP contribution >= 0.6 is 0 Å². The summed E-state index contributed by atoms with van der Waals surface area (Å²) in [5.41, 5.74) is 4.15. The Labute approximate surface area is 239 Å². The number of nitrogens with zero attached hydrogens (tertiary/aromatic N) is 1. The van der Waals surface area contributed by atoms with Crippen molar-refractivity contribution in [2.45, 2.75) is 56.4 Å². The number of hydrogen-bond donors (Lipinski definition) is 2. The molecule has 2 amide bonds. The van der Waals surface area contributed by atoms with Crippen LogP contribution in [0.15, 0.2) is 78.9 Å². The molecule has 212 valence electrons. The minimum atomic E-state index is -1.20. The number of ether oxygens (including phenoxy) is 2. The zero-order valence-corrected chi connectivity index (χ0v) is 23.0. The molecule has 0 bridgehead atoms. The van der Waals surface area contributed by atoms with Crippen LogP contribution in [0.1, 0.15) is 48.8 Å². The molecule has 8 heteroatoms. The van der Waals surface area contributed by atoms with Gasteiger partial charge in [0.2, 0.25) is 5.91 Å². The van der Waals surface area contributed by atoms with E-state index in [1.807, 2.05) is 66.7 Å². The summed E-state index contributed by atoms with van der Waals surface area (Å²) in [6.45, 7) is 2.39. The molecule has 8 nitrogen and oxygen atoms in total. The number of hydrogen-bond acceptors (Lipinski definition) is 5. The van der Waals surface area contributed by atoms with E-state index in [0.29, 0.717) is 13.0 Å². The van der Waals surface area contributed by atoms with Gasteiger partial charge in [-0.2, -0.15) is 0 Å². The Bertz CT molecular complexity index is 1410. The predicted octanol–water partition coefficient (Wildman–Crippen LogP) is 4.96. The van der Waals surface area contributed by atoms with Crippen LogP contribution in [-0.4, -0.2) is 58.8 Å². The molecule has 1 saturated carbocycles. The topological polar surface area (TPSA) is 105 Å². The van der Waals surface area contributed by atoms with E-state index < -0.39 is 35.7 Å². The number of carboxylic acids is 1. The first-order valence-corrected chi connectivity index (χ1v) is 14.2. The van der Waals surface area contributed by atoms with Gasteiger partial charge in [-0.25, -0.2) is 9.59 Å². The molecule has 2 N–H and O–H groups in total. The van der Waals surface area contributed by atoms with Crippen molar-refractivity contribution in [1.82, 2.24) is 10.2 Å². The molecule has 4 atom stereocenters. The molecule has 3 aliphatic rings. The van der Waals surface area contributed by atoms with Crippen molar-refractivity contribution in [3.05, 3.63) is 95.6 Å². The number of piperidine rings is 1. The molecule has 0 unspecified atom stereocenters. The van der Waals surface area contributed by atoms with Crippen LogP contribution in [0.4, 0.5) is 4.79 Å². The summed E-state index contributed by atoms with van der Waals surface area (Å²) in [5.74, 6) is -1.64. The van der Waals surface area contributed by atoms with E-state index in [-0.39, 0.29) is 25.0 Å². The first kappa shape index (κ1) is 27.0. The average Bonchev–Trinajstić information content (AvgIpc) is 3.68. The number of amides is 2. The van der Waals surface area contributed by atoms with Gasteiger partial charge in [0.05, 0.1) is 12.7 Å². The van der Waals surface area contributed by atoms with Crippen LogP contribution in [-0.2, 0) is 25.7 Å². The third-order valence-corrected chi connectivity index (χ3v) is 8.83. The molecule has 41 heavy (non-hydrogen) atoms. The molecule has 0 aromatic heterocycles. The number of likely N-dealkylation sites (tertiary alicyclic amines) is 1. The van der Waals surface area contributed by atoms with E-state index in [0.717, 1.165) is 40.7 Å². The van der Waals surface area contributed by atoms with Gasteiger partial charge in [-0.05, 0) is 59.9 Å². The number of carbonyl (C=O) groups is 3. The van der Waals surface area contributed by atoms with Gasteiger partial charge in [0.25, 0.3) is 0 Å². The summed E-state index contributed by atoms with van der Waals surface area (Å²) in [6, 6.07) is 24.6. The van der Waals surface area contributed by atoms with E-state index in [1.165, 1.54) is 4.90 Å². The van der Waals surface area contributed by atoms with E-state index in [9.17, 15) is 19.5 Å². The fourth-order valence-electron chi connectivity index (χ4n) is 6.58. The third-order valence-electron chi connectivity index (χ3n) is 8.83. The number of carboxylic acid groups (broad SMARTS) is 1. The molecule has 0 radical (unpaired) electrons. The standard InChI is InChI=1S/C33H34N2O6/c1-21(40-19-22-10-3-2-4-11-22)29(30(36)35-17-9-12-23-18-33(23,35)31(37)38)34-32(39)41-20-28-26-15-7-5-13-24(26)25-14-6-8-16-27(25)28/h2-8,10-11,13-16,21,23,28-29H,9,12,17-20H2,1H3,(H,34,39)(H,37,38)/t21-,23+,29+,33-/m0/s1. The Morgan fingerprint density at radius 3 is 2.27 bits per heavy atom. The number of aliphatic carboxylic acids is 1. The highest BCUT2D eigenvalue weighted by atomic mass is 16.5. The zero-order valence-electron chi connectivity index (χ0n) is 23.0. The Balaban J connectivity index is 1.19. The first-order valence-electron chi connectivity index (χ1n) is 14.2. The van der Waals surface area contributed by atoms with Gasteiger partial charge in [0.15, 0.2) is 0 Å². The molecular weight excluding hydrogens is 520 g/mol. The monoisotopic (exact) mass is 554 g/mol. The highest BCUT2D eigenvalue weighted by Crippen LogP contribution is 2.54. The first-order chi connectivity index (χ1) is 19.9. The number of nitrogens with one attached hydrogen (secondary N) is 1. The lowest BCUT2D eigenvalue weighted by Gasteiger charge is -2.37. The van der Waals surface area contributed by atoms with Crippen LogP contribution in [0.3, 0.4) is 0 Å². The van der Waals surface area contributed by atoms with Crippen molar-refractivity contribution in [2.24, 2.45) is 5.92 Å². The quantitative estimate of drug-likeness (QED) is 0.387. The van der Waals surface area contributed by atoms with Gasteiger partial charge >= 0.3 is 12.1 Å². The van der Waals surface area contributed by atoms with Crippen LogP contribution < -0.4 is 5.32 Å². The summed E-state index contributed by atoms with van der Waals surface area (Å²) in [6.07, 6.45) is 0.468. The van der Waals surface area contributed by atoms with Crippen molar-refractivity contribution in [3.63, 3.8) is 0 Å². The number of carbonyl (C=O) groups excluding carboxylic acids is 2. The van der Waals surface area contributed by atoms with E-state index in [2.05, 4.69) is 17.4 Å². The average molecular weight is 555 g/mol. The van der Waals surface area contributed by atoms with E-state index in [4.69, 9.17) is 9.47 Å². The Kier molecular flexibility index (Phi) is 7.26. The van der Waals surface area contributed by atoms with Gasteiger partial charge in [-0.15, -0.1) is 0 Å². The molecule has 1 saturated heterocycles. The lowest BCUT2D eigenvalue weighted by atomic mass is 9.98. The number of fused-ring (bicyclic) bond motifs is 4. The maximum absolute atomic E-state index is 13.9. The van der Waals surface area contributed by atoms with E-state index in [1.54, 1.807) is 6.92 Å². The number of alkyl carbamates (subject to hydrolysis) is 1. The zero-order chi connectivity index (χ0) is 28.6. The second-order valence-corrected chi connectivity index (χ2v) is 11.2. The van der Waals surface area contributed by atoms with Crippen LogP contribution in [0, 0.1) is 5.92 Å². The van der Waals surface area contributed by atoms with Gasteiger partial charge in [-0.3, -0.25) is 4.79 Å². The Morgan fingerprint density at radius 1 is 0.976 bits per heavy atom. The lowest BCUT2D eigenvalue weighted by Crippen LogP contribution is -2.60. The summed E-state index contributed by atoms with van der Waals surface area (Å²) < 4.78 is 11.8. The fourth-order valence-corrected chi connectivity index (χ4v) is 6.58. The fraction of sp³-hybridized carbons (Fsp3) is 0.364. The molecule has 0 spiro atoms. The van der Waals surface area contributed by atoms with Crippen LogP contribution in [0.5, 0.6) is 0 Å². The molecular formula is C33H34N2O6. The van der Waals surface area contributed by atoms with Crippen LogP contribution in [0.25, 0.3) is 11.1 Å². The molecule has 2 aliphatic carbocycles. The molecule has 3 aromatic carbocycles. The Morgan fingerprint density at radius 2 is 1.61 bits per heavy atom. The summed E-state index contributed by atoms with van der Waals surface area (Å²) in [7, 11) is 0. The SMILES string of the molecule is C[C@H](OCc1ccccc1)[C@@H](NC(=O)OCC1c2ccccc2-c2ccccc21)C(=O)N1CCC[C@@H]2C[C@@]21C(=O)O. The van der Waals surface area contributed by atoms with Crippen molar-refractivity contribution < 1.29 is 29.0 Å². The number of benzene rings is 3. The summed E-state index contributed by atoms with van der Waals surface area (Å²) in [4.78, 5) is 40.9. The Hall–Kier alpha value is -4.17. The van der Waals surface area contributed by atoms with Gasteiger partial charge in [-0.1, -0.05) is 78.9 Å². The molecule has 1 aliphatic heterocycles. The predicted molar refractivity (Wildman–Crippen MR) is 152 cm³/mol. The maximum atomic E-state index is 13.9. The minimum Gasteiger partial charge on any atom is -0.479 e. The van der Waals surface area contributed by atoms with Crippen molar-refractivity contribution in [1.29, 1.82) is 0 Å². The summed E-state index contributed by atoms with van der Waals surface area (Å²) in [5, 5.41) is 12.8. The molecule has 3 aromatic rings. The minimum absolute atomic E-state index is 0.0617. The second kappa shape index (κ2) is 11.0. The highest BCUT2D eigenvalue weighted by Gasteiger charge is 2.67. The van der Waals surface area contributed by atoms with Crippen LogP contribution in [0.2, 0.25) is 0 Å². The van der Waals surface area contributed by atoms with Crippen molar-refractivity contribution >= 4 is 18.0 Å². The molecule has 6 rings (SSSR count). The highest BCUT2D eigenvalue weighted by molar-refractivity contribution is 5.94. The van der Waals surface area contributed by atoms with Gasteiger partial charge in [0, 0.05) is 12.5 Å². The lowest BCUT2D eigenvalue weighted by molar-refractivity contribution is -0.157. The van der Waals surface area contributed by atoms with Gasteiger partial charge in [0.1, 0.15) is 18.2 Å². The maximum Gasteiger partial charge on any atom is 0.407 e. The second-order valence-electron chi connectivity index (χ2n) is 11.2. The smallest absolute Gasteiger partial charge is 0.407 e. The largest absolute Gasteiger partial charge is 0.479 e. The molecule has 2 fully saturated rings. The molecule has 1 heterocycles. The van der Waals surface area contributed by atoms with Crippen molar-refractivity contribution in [3.8, 4) is 11.1 Å². The van der Waals surface area contributed by atoms with Gasteiger partial charge < -0.3 is 24.8 Å². The third kappa shape index (κ3) is 4.97. The van der Waals surface area contributed by atoms with Crippen molar-refractivity contribution in [2.75, 3.05) is 13.2 Å². The summed E-state index contributed by atoms with van der Waals surface area (Å²) >= 11 is 0. The van der Waals surface area contributed by atoms with E-state index >= 15 is 0 Å². The number of rotatable bonds is 9. The normalized spacial score (nSPS) is 22.1.